The molecule has 0 radical (unpaired) electrons. The van der Waals surface area contributed by atoms with E-state index in [1.807, 2.05) is 0 Å². The fourth-order valence-electron chi connectivity index (χ4n) is 3.33. The molecule has 1 saturated heterocycles. The van der Waals surface area contributed by atoms with Crippen molar-refractivity contribution in [2.45, 2.75) is 12.0 Å². The minimum Gasteiger partial charge on any atom is -0.477 e. The number of imidazole rings is 1. The normalized spacial score (nSPS) is 18.7. The van der Waals surface area contributed by atoms with Gasteiger partial charge in [0.2, 0.25) is 5.60 Å². The Labute approximate surface area is 166 Å². The van der Waals surface area contributed by atoms with Crippen LogP contribution in [0.2, 0.25) is 0 Å². The first-order chi connectivity index (χ1) is 13.8. The maximum absolute atomic E-state index is 12.1. The lowest BCUT2D eigenvalue weighted by Crippen LogP contribution is -2.37. The van der Waals surface area contributed by atoms with E-state index in [1.54, 1.807) is 49.3 Å². The molecule has 0 saturated carbocycles. The molecule has 0 aliphatic carbocycles. The molecule has 146 valence electrons. The van der Waals surface area contributed by atoms with Gasteiger partial charge in [0.05, 0.1) is 17.5 Å². The largest absolute Gasteiger partial charge is 0.477 e. The third-order valence-electron chi connectivity index (χ3n) is 4.99. The first-order valence-corrected chi connectivity index (χ1v) is 8.95. The van der Waals surface area contributed by atoms with E-state index in [-0.39, 0.29) is 12.1 Å². The molecule has 1 aromatic carbocycles. The zero-order valence-corrected chi connectivity index (χ0v) is 15.9. The number of carbonyl (C=O) groups is 2. The Bertz CT molecular complexity index is 1220. The van der Waals surface area contributed by atoms with Crippen molar-refractivity contribution in [3.8, 4) is 23.1 Å². The second-order valence-electron chi connectivity index (χ2n) is 7.05. The van der Waals surface area contributed by atoms with Crippen LogP contribution >= 0.6 is 0 Å². The second-order valence-corrected chi connectivity index (χ2v) is 7.05. The van der Waals surface area contributed by atoms with Gasteiger partial charge in [-0.25, -0.2) is 14.8 Å². The topological polar surface area (TPSA) is 109 Å². The van der Waals surface area contributed by atoms with Crippen LogP contribution in [-0.2, 0) is 11.8 Å². The van der Waals surface area contributed by atoms with Gasteiger partial charge in [0, 0.05) is 38.2 Å². The molecule has 0 unspecified atom stereocenters. The highest BCUT2D eigenvalue weighted by atomic mass is 16.4. The van der Waals surface area contributed by atoms with Crippen LogP contribution in [0.1, 0.15) is 22.5 Å². The van der Waals surface area contributed by atoms with Crippen LogP contribution in [0.3, 0.4) is 0 Å². The molecule has 2 N–H and O–H groups in total. The summed E-state index contributed by atoms with van der Waals surface area (Å²) in [6.45, 7) is 0.452. The predicted molar refractivity (Wildman–Crippen MR) is 105 cm³/mol. The number of carboxylic acids is 1. The Morgan fingerprint density at radius 3 is 2.76 bits per heavy atom. The number of amides is 1. The number of fused-ring (bicyclic) bond motifs is 1. The molecule has 4 rings (SSSR count). The zero-order valence-electron chi connectivity index (χ0n) is 15.9. The minimum atomic E-state index is -1.68. The molecule has 8 nitrogen and oxygen atoms in total. The summed E-state index contributed by atoms with van der Waals surface area (Å²) in [5.74, 6) is 4.01. The van der Waals surface area contributed by atoms with Crippen molar-refractivity contribution in [3.63, 3.8) is 0 Å². The molecular weight excluding hydrogens is 372 g/mol. The van der Waals surface area contributed by atoms with E-state index in [2.05, 4.69) is 21.8 Å². The zero-order chi connectivity index (χ0) is 20.8. The molecule has 1 fully saturated rings. The third-order valence-corrected chi connectivity index (χ3v) is 4.99. The van der Waals surface area contributed by atoms with Crippen LogP contribution in [0, 0.1) is 11.8 Å². The lowest BCUT2D eigenvalue weighted by molar-refractivity contribution is -0.137. The summed E-state index contributed by atoms with van der Waals surface area (Å²) in [6, 6.07) is 8.52. The number of aromatic nitrogens is 3. The van der Waals surface area contributed by atoms with Gasteiger partial charge in [0.1, 0.15) is 5.52 Å². The van der Waals surface area contributed by atoms with Gasteiger partial charge in [-0.05, 0) is 18.2 Å². The molecule has 2 aromatic heterocycles. The molecule has 1 aliphatic rings. The lowest BCUT2D eigenvalue weighted by atomic mass is 10.0. The van der Waals surface area contributed by atoms with Crippen molar-refractivity contribution in [1.29, 1.82) is 0 Å². The van der Waals surface area contributed by atoms with Gasteiger partial charge in [0.15, 0.2) is 5.69 Å². The number of aromatic carboxylic acids is 1. The fraction of sp³-hybridized carbons (Fsp3) is 0.238. The highest BCUT2D eigenvalue weighted by Crippen LogP contribution is 2.27. The Morgan fingerprint density at radius 2 is 2.07 bits per heavy atom. The Morgan fingerprint density at radius 1 is 1.28 bits per heavy atom. The summed E-state index contributed by atoms with van der Waals surface area (Å²) >= 11 is 0. The van der Waals surface area contributed by atoms with Crippen molar-refractivity contribution < 1.29 is 19.8 Å². The number of rotatable bonds is 2. The second kappa shape index (κ2) is 6.72. The lowest BCUT2D eigenvalue weighted by Gasteiger charge is -2.13. The first-order valence-electron chi connectivity index (χ1n) is 8.95. The van der Waals surface area contributed by atoms with Crippen LogP contribution in [0.4, 0.5) is 0 Å². The molecule has 29 heavy (non-hydrogen) atoms. The summed E-state index contributed by atoms with van der Waals surface area (Å²) in [5, 5.41) is 19.9. The molecule has 3 aromatic rings. The van der Waals surface area contributed by atoms with Crippen molar-refractivity contribution in [1.82, 2.24) is 19.4 Å². The van der Waals surface area contributed by atoms with E-state index in [1.165, 1.54) is 11.0 Å². The summed E-state index contributed by atoms with van der Waals surface area (Å²) in [5.41, 5.74) is 1.11. The van der Waals surface area contributed by atoms with Crippen LogP contribution in [0.15, 0.2) is 36.7 Å². The highest BCUT2D eigenvalue weighted by Gasteiger charge is 2.42. The number of aryl methyl sites for hydroxylation is 1. The van der Waals surface area contributed by atoms with E-state index in [0.717, 1.165) is 0 Å². The number of likely N-dealkylation sites (N-methyl/N-ethyl adjacent to an activating group) is 1. The van der Waals surface area contributed by atoms with Gasteiger partial charge in [-0.15, -0.1) is 0 Å². The molecule has 1 aliphatic heterocycles. The molecule has 1 atom stereocenters. The van der Waals surface area contributed by atoms with Crippen molar-refractivity contribution in [2.75, 3.05) is 13.6 Å². The van der Waals surface area contributed by atoms with E-state index in [9.17, 15) is 19.8 Å². The number of carbonyl (C=O) groups excluding carboxylic acids is 1. The minimum absolute atomic E-state index is 0.0820. The smallest absolute Gasteiger partial charge is 0.354 e. The van der Waals surface area contributed by atoms with E-state index in [0.29, 0.717) is 34.4 Å². The number of hydrogen-bond acceptors (Lipinski definition) is 5. The van der Waals surface area contributed by atoms with Gasteiger partial charge in [-0.3, -0.25) is 4.79 Å². The Kier molecular flexibility index (Phi) is 4.32. The number of carboxylic acid groups (broad SMARTS) is 1. The number of likely N-dealkylation sites (tertiary alicyclic amines) is 1. The molecule has 0 bridgehead atoms. The number of pyridine rings is 1. The van der Waals surface area contributed by atoms with Crippen LogP contribution in [0.25, 0.3) is 22.3 Å². The van der Waals surface area contributed by atoms with Crippen molar-refractivity contribution >= 4 is 22.9 Å². The standard InChI is InChI=1S/C21H18N4O4/c1-24-9-8-21(29,20(24)28)7-6-13-4-3-5-14(10-13)17-18-16(25(2)12-22-18)11-15(23-17)19(26)27/h3-5,10-12,29H,8-9H2,1-2H3,(H,26,27)/t21-/m0/s1. The van der Waals surface area contributed by atoms with Gasteiger partial charge >= 0.3 is 5.97 Å². The van der Waals surface area contributed by atoms with Crippen LogP contribution in [0.5, 0.6) is 0 Å². The summed E-state index contributed by atoms with van der Waals surface area (Å²) in [4.78, 5) is 33.6. The highest BCUT2D eigenvalue weighted by molar-refractivity contribution is 5.96. The maximum Gasteiger partial charge on any atom is 0.354 e. The summed E-state index contributed by atoms with van der Waals surface area (Å²) < 4.78 is 1.73. The SMILES string of the molecule is CN1CC[C@@](O)(C#Cc2cccc(-c3nc(C(=O)O)cc4c3ncn4C)c2)C1=O. The maximum atomic E-state index is 12.1. The molecule has 3 heterocycles. The number of nitrogens with zero attached hydrogens (tertiary/aromatic N) is 4. The molecular formula is C21H18N4O4. The van der Waals surface area contributed by atoms with Crippen LogP contribution in [-0.4, -0.2) is 60.7 Å². The number of aliphatic hydroxyl groups is 1. The Balaban J connectivity index is 1.79. The quantitative estimate of drug-likeness (QED) is 0.638. The molecule has 8 heteroatoms. The monoisotopic (exact) mass is 390 g/mol. The number of benzene rings is 1. The van der Waals surface area contributed by atoms with Gasteiger partial charge in [-0.2, -0.15) is 0 Å². The molecule has 0 spiro atoms. The van der Waals surface area contributed by atoms with E-state index >= 15 is 0 Å². The Hall–Kier alpha value is -3.70. The first kappa shape index (κ1) is 18.7. The average molecular weight is 390 g/mol. The van der Waals surface area contributed by atoms with Crippen molar-refractivity contribution in [2.24, 2.45) is 7.05 Å². The van der Waals surface area contributed by atoms with Crippen molar-refractivity contribution in [3.05, 3.63) is 47.9 Å². The molecule has 1 amide bonds. The van der Waals surface area contributed by atoms with Crippen LogP contribution < -0.4 is 0 Å². The fourth-order valence-corrected chi connectivity index (χ4v) is 3.33. The third kappa shape index (κ3) is 3.22. The summed E-state index contributed by atoms with van der Waals surface area (Å²) in [7, 11) is 3.41. The number of hydrogen-bond donors (Lipinski definition) is 2. The average Bonchev–Trinajstić information content (AvgIpc) is 3.21. The van der Waals surface area contributed by atoms with E-state index < -0.39 is 17.5 Å². The summed E-state index contributed by atoms with van der Waals surface area (Å²) in [6.07, 6.45) is 1.86. The van der Waals surface area contributed by atoms with E-state index in [4.69, 9.17) is 0 Å². The predicted octanol–water partition coefficient (Wildman–Crippen LogP) is 1.28. The van der Waals surface area contributed by atoms with Gasteiger partial charge in [0.25, 0.3) is 5.91 Å². The van der Waals surface area contributed by atoms with Gasteiger partial charge in [-0.1, -0.05) is 24.0 Å². The van der Waals surface area contributed by atoms with Gasteiger partial charge < -0.3 is 19.7 Å².